The number of rotatable bonds is 16. The van der Waals surface area contributed by atoms with E-state index in [2.05, 4.69) is 31.2 Å². The molecule has 0 radical (unpaired) electrons. The average Bonchev–Trinajstić information content (AvgIpc) is 3.44. The summed E-state index contributed by atoms with van der Waals surface area (Å²) in [7, 11) is 0. The Morgan fingerprint density at radius 2 is 1.43 bits per heavy atom. The number of carbonyl (C=O) groups excluding carboxylic acids is 5. The van der Waals surface area contributed by atoms with Gasteiger partial charge in [0, 0.05) is 19.0 Å². The monoisotopic (exact) mass is 586 g/mol. The molecule has 14 heteroatoms. The predicted octanol–water partition coefficient (Wildman–Crippen LogP) is -1.01. The Hall–Kier alpha value is -4.46. The van der Waals surface area contributed by atoms with Gasteiger partial charge in [0.2, 0.25) is 29.5 Å². The van der Waals surface area contributed by atoms with Crippen molar-refractivity contribution in [3.05, 3.63) is 48.0 Å². The van der Waals surface area contributed by atoms with Crippen LogP contribution in [0.4, 0.5) is 0 Å². The summed E-state index contributed by atoms with van der Waals surface area (Å²) in [6.45, 7) is 6.86. The molecule has 0 fully saturated rings. The van der Waals surface area contributed by atoms with Gasteiger partial charge in [-0.05, 0) is 36.0 Å². The molecule has 5 amide bonds. The summed E-state index contributed by atoms with van der Waals surface area (Å²) in [5.41, 5.74) is 12.3. The number of aromatic nitrogens is 2. The first kappa shape index (κ1) is 33.7. The average molecular weight is 587 g/mol. The van der Waals surface area contributed by atoms with E-state index in [0.29, 0.717) is 11.3 Å². The van der Waals surface area contributed by atoms with Crippen LogP contribution in [-0.4, -0.2) is 75.3 Å². The predicted molar refractivity (Wildman–Crippen MR) is 154 cm³/mol. The fourth-order valence-corrected chi connectivity index (χ4v) is 4.01. The maximum atomic E-state index is 13.5. The number of nitrogens with zero attached hydrogens (tertiary/aromatic N) is 1. The summed E-state index contributed by atoms with van der Waals surface area (Å²) < 4.78 is 0. The molecule has 1 aromatic carbocycles. The highest BCUT2D eigenvalue weighted by Gasteiger charge is 2.32. The van der Waals surface area contributed by atoms with Crippen LogP contribution in [0.5, 0.6) is 5.75 Å². The normalized spacial score (nSPS) is 14.0. The topological polar surface area (TPSA) is 234 Å². The van der Waals surface area contributed by atoms with Crippen LogP contribution in [0, 0.1) is 11.8 Å². The number of aromatic amines is 1. The van der Waals surface area contributed by atoms with E-state index >= 15 is 0 Å². The molecular weight excluding hydrogens is 544 g/mol. The molecule has 0 unspecified atom stereocenters. The number of nitrogens with one attached hydrogen (secondary N) is 5. The van der Waals surface area contributed by atoms with E-state index in [9.17, 15) is 29.1 Å². The molecule has 0 bridgehead atoms. The molecular formula is C28H42N8O6. The summed E-state index contributed by atoms with van der Waals surface area (Å²) in [6, 6.07) is 1.93. The van der Waals surface area contributed by atoms with Crippen molar-refractivity contribution in [1.29, 1.82) is 0 Å². The number of imidazole rings is 1. The number of phenolic OH excluding ortho intramolecular Hbond substituents is 1. The Morgan fingerprint density at radius 1 is 0.857 bits per heavy atom. The third-order valence-electron chi connectivity index (χ3n) is 6.41. The van der Waals surface area contributed by atoms with E-state index in [1.54, 1.807) is 32.2 Å². The number of benzene rings is 1. The molecule has 42 heavy (non-hydrogen) atoms. The first-order valence-electron chi connectivity index (χ1n) is 13.7. The number of nitrogens with two attached hydrogens (primary N) is 2. The van der Waals surface area contributed by atoms with E-state index < -0.39 is 60.2 Å². The zero-order valence-electron chi connectivity index (χ0n) is 24.3. The zero-order valence-corrected chi connectivity index (χ0v) is 24.3. The van der Waals surface area contributed by atoms with Crippen molar-refractivity contribution in [2.75, 3.05) is 6.54 Å². The van der Waals surface area contributed by atoms with Crippen LogP contribution in [0.2, 0.25) is 0 Å². The summed E-state index contributed by atoms with van der Waals surface area (Å²) in [6.07, 6.45) is 3.33. The van der Waals surface area contributed by atoms with Crippen LogP contribution in [0.3, 0.4) is 0 Å². The Bertz CT molecular complexity index is 1200. The second kappa shape index (κ2) is 16.1. The van der Waals surface area contributed by atoms with E-state index in [4.69, 9.17) is 11.5 Å². The summed E-state index contributed by atoms with van der Waals surface area (Å²) in [5.74, 6) is -3.39. The molecule has 0 aliphatic rings. The van der Waals surface area contributed by atoms with Gasteiger partial charge in [-0.15, -0.1) is 0 Å². The first-order chi connectivity index (χ1) is 19.8. The van der Waals surface area contributed by atoms with Gasteiger partial charge in [-0.25, -0.2) is 4.98 Å². The minimum atomic E-state index is -1.13. The van der Waals surface area contributed by atoms with Gasteiger partial charge in [0.05, 0.1) is 24.6 Å². The lowest BCUT2D eigenvalue weighted by atomic mass is 10.00. The highest BCUT2D eigenvalue weighted by atomic mass is 16.3. The molecule has 0 aliphatic heterocycles. The lowest BCUT2D eigenvalue weighted by Gasteiger charge is -2.27. The van der Waals surface area contributed by atoms with Crippen LogP contribution in [0.1, 0.15) is 45.4 Å². The van der Waals surface area contributed by atoms with Crippen molar-refractivity contribution >= 4 is 29.5 Å². The number of H-pyrrole nitrogens is 1. The second-order valence-electron chi connectivity index (χ2n) is 10.9. The van der Waals surface area contributed by atoms with Gasteiger partial charge in [0.15, 0.2) is 0 Å². The van der Waals surface area contributed by atoms with Crippen molar-refractivity contribution in [3.63, 3.8) is 0 Å². The Balaban J connectivity index is 2.26. The van der Waals surface area contributed by atoms with Crippen molar-refractivity contribution in [3.8, 4) is 5.75 Å². The van der Waals surface area contributed by atoms with Crippen LogP contribution >= 0.6 is 0 Å². The van der Waals surface area contributed by atoms with Crippen molar-refractivity contribution in [1.82, 2.24) is 31.2 Å². The summed E-state index contributed by atoms with van der Waals surface area (Å²) in [4.78, 5) is 70.8. The largest absolute Gasteiger partial charge is 0.508 e. The smallest absolute Gasteiger partial charge is 0.243 e. The quantitative estimate of drug-likeness (QED) is 0.121. The standard InChI is InChI=1S/C28H42N8O6/c1-15(2)9-20(34-27(41)22(11-18-12-31-14-33-18)36-28(42)24(30)16(3)4)26(40)35-21(25(39)32-13-23(29)38)10-17-5-7-19(37)8-6-17/h5-8,12,14-16,20-22,24,37H,9-11,13,30H2,1-4H3,(H2,29,38)(H,31,33)(H,32,39)(H,34,41)(H,35,40)(H,36,42)/t20-,21-,22-,24-/m0/s1. The molecule has 1 heterocycles. The maximum Gasteiger partial charge on any atom is 0.243 e. The SMILES string of the molecule is CC(C)C[C@H](NC(=O)[C@H](Cc1c[nH]cn1)NC(=O)[C@@H](N)C(C)C)C(=O)N[C@@H](Cc1ccc(O)cc1)C(=O)NCC(N)=O. The van der Waals surface area contributed by atoms with Gasteiger partial charge in [-0.2, -0.15) is 0 Å². The van der Waals surface area contributed by atoms with Gasteiger partial charge in [0.1, 0.15) is 23.9 Å². The molecule has 4 atom stereocenters. The third-order valence-corrected chi connectivity index (χ3v) is 6.41. The Labute approximate surface area is 244 Å². The minimum absolute atomic E-state index is 0.0306. The Kier molecular flexibility index (Phi) is 12.9. The van der Waals surface area contributed by atoms with Gasteiger partial charge in [0.25, 0.3) is 0 Å². The van der Waals surface area contributed by atoms with Crippen LogP contribution in [0.15, 0.2) is 36.8 Å². The number of hydrogen-bond acceptors (Lipinski definition) is 8. The Morgan fingerprint density at radius 3 is 1.98 bits per heavy atom. The van der Waals surface area contributed by atoms with Crippen molar-refractivity contribution < 1.29 is 29.1 Å². The van der Waals surface area contributed by atoms with E-state index in [1.807, 2.05) is 13.8 Å². The fourth-order valence-electron chi connectivity index (χ4n) is 4.01. The zero-order chi connectivity index (χ0) is 31.4. The summed E-state index contributed by atoms with van der Waals surface area (Å²) >= 11 is 0. The lowest BCUT2D eigenvalue weighted by molar-refractivity contribution is -0.134. The van der Waals surface area contributed by atoms with E-state index in [1.165, 1.54) is 18.5 Å². The van der Waals surface area contributed by atoms with Crippen LogP contribution in [0.25, 0.3) is 0 Å². The van der Waals surface area contributed by atoms with Gasteiger partial charge in [-0.3, -0.25) is 24.0 Å². The number of carbonyl (C=O) groups is 5. The van der Waals surface area contributed by atoms with Gasteiger partial charge in [-0.1, -0.05) is 39.8 Å². The molecule has 14 nitrogen and oxygen atoms in total. The maximum absolute atomic E-state index is 13.5. The first-order valence-corrected chi connectivity index (χ1v) is 13.7. The highest BCUT2D eigenvalue weighted by molar-refractivity contribution is 5.95. The molecule has 0 saturated heterocycles. The number of amides is 5. The van der Waals surface area contributed by atoms with Crippen molar-refractivity contribution in [2.45, 2.75) is 71.1 Å². The second-order valence-corrected chi connectivity index (χ2v) is 10.9. The fraction of sp³-hybridized carbons (Fsp3) is 0.500. The highest BCUT2D eigenvalue weighted by Crippen LogP contribution is 2.13. The van der Waals surface area contributed by atoms with E-state index in [0.717, 1.165) is 0 Å². The number of primary amides is 1. The molecule has 0 saturated carbocycles. The number of aromatic hydroxyl groups is 1. The molecule has 0 spiro atoms. The summed E-state index contributed by atoms with van der Waals surface area (Å²) in [5, 5.41) is 20.0. The van der Waals surface area contributed by atoms with Gasteiger partial charge >= 0.3 is 0 Å². The van der Waals surface area contributed by atoms with Crippen LogP contribution in [-0.2, 0) is 36.8 Å². The minimum Gasteiger partial charge on any atom is -0.508 e. The molecule has 0 aliphatic carbocycles. The lowest BCUT2D eigenvalue weighted by Crippen LogP contribution is -2.59. The van der Waals surface area contributed by atoms with Crippen LogP contribution < -0.4 is 32.7 Å². The third kappa shape index (κ3) is 11.2. The van der Waals surface area contributed by atoms with Crippen molar-refractivity contribution in [2.24, 2.45) is 23.3 Å². The number of phenols is 1. The number of hydrogen-bond donors (Lipinski definition) is 8. The molecule has 230 valence electrons. The molecule has 2 aromatic rings. The molecule has 2 rings (SSSR count). The van der Waals surface area contributed by atoms with E-state index in [-0.39, 0.29) is 36.8 Å². The van der Waals surface area contributed by atoms with Gasteiger partial charge < -0.3 is 42.8 Å². The molecule has 10 N–H and O–H groups in total. The molecule has 1 aromatic heterocycles.